The van der Waals surface area contributed by atoms with Crippen LogP contribution in [0.15, 0.2) is 60.1 Å². The van der Waals surface area contributed by atoms with Crippen LogP contribution in [0.2, 0.25) is 0 Å². The molecule has 2 heterocycles. The summed E-state index contributed by atoms with van der Waals surface area (Å²) in [6.45, 7) is 2.06. The second kappa shape index (κ2) is 6.39. The van der Waals surface area contributed by atoms with Crippen LogP contribution in [-0.2, 0) is 0 Å². The molecule has 0 saturated carbocycles. The third-order valence-electron chi connectivity index (χ3n) is 4.12. The highest BCUT2D eigenvalue weighted by Gasteiger charge is 2.10. The molecule has 1 N–H and O–H groups in total. The highest BCUT2D eigenvalue weighted by molar-refractivity contribution is 7.11. The van der Waals surface area contributed by atoms with Crippen molar-refractivity contribution in [2.75, 3.05) is 0 Å². The Morgan fingerprint density at radius 1 is 1.16 bits per heavy atom. The maximum atomic E-state index is 9.60. The van der Waals surface area contributed by atoms with Crippen LogP contribution in [0.1, 0.15) is 16.1 Å². The van der Waals surface area contributed by atoms with Crippen molar-refractivity contribution >= 4 is 33.9 Å². The van der Waals surface area contributed by atoms with Gasteiger partial charge in [0.05, 0.1) is 11.3 Å². The number of nitrogens with one attached hydrogen (secondary N) is 1. The molecule has 4 heteroatoms. The average Bonchev–Trinajstić information content (AvgIpc) is 3.28. The molecule has 4 aromatic rings. The number of nitriles is 1. The van der Waals surface area contributed by atoms with E-state index in [1.54, 1.807) is 0 Å². The van der Waals surface area contributed by atoms with Crippen molar-refractivity contribution in [2.24, 2.45) is 0 Å². The van der Waals surface area contributed by atoms with Crippen LogP contribution in [-0.4, -0.2) is 9.97 Å². The van der Waals surface area contributed by atoms with E-state index in [1.807, 2.05) is 41.9 Å². The summed E-state index contributed by atoms with van der Waals surface area (Å²) in [6, 6.07) is 18.6. The predicted molar refractivity (Wildman–Crippen MR) is 104 cm³/mol. The number of hydrogen-bond donors (Lipinski definition) is 1. The number of para-hydroxylation sites is 1. The summed E-state index contributed by atoms with van der Waals surface area (Å²) in [7, 11) is 0. The van der Waals surface area contributed by atoms with Crippen LogP contribution in [0.4, 0.5) is 0 Å². The molecular formula is C21H15N3S. The molecule has 0 aliphatic rings. The summed E-state index contributed by atoms with van der Waals surface area (Å²) in [4.78, 5) is 7.89. The van der Waals surface area contributed by atoms with E-state index >= 15 is 0 Å². The predicted octanol–water partition coefficient (Wildman–Crippen LogP) is 5.66. The SMILES string of the molecule is Cc1ccc(-c2csc(/C(C#N)=C/c3c[nH]c4ccccc34)n2)cc1. The standard InChI is InChI=1S/C21H15N3S/c1-14-6-8-15(9-7-14)20-13-25-21(24-20)16(11-22)10-17-12-23-19-5-3-2-4-18(17)19/h2-10,12-13,23H,1H3/b16-10+. The number of allylic oxidation sites excluding steroid dienone is 1. The molecule has 3 nitrogen and oxygen atoms in total. The molecule has 2 aromatic carbocycles. The van der Waals surface area contributed by atoms with Gasteiger partial charge < -0.3 is 4.98 Å². The Balaban J connectivity index is 1.72. The molecule has 0 amide bonds. The molecule has 0 bridgehead atoms. The fourth-order valence-corrected chi connectivity index (χ4v) is 3.56. The van der Waals surface area contributed by atoms with Gasteiger partial charge in [-0.05, 0) is 19.1 Å². The molecule has 25 heavy (non-hydrogen) atoms. The van der Waals surface area contributed by atoms with Crippen molar-refractivity contribution in [3.8, 4) is 17.3 Å². The number of nitrogens with zero attached hydrogens (tertiary/aromatic N) is 2. The molecular weight excluding hydrogens is 326 g/mol. The molecule has 0 unspecified atom stereocenters. The van der Waals surface area contributed by atoms with Gasteiger partial charge in [-0.1, -0.05) is 48.0 Å². The molecule has 0 saturated heterocycles. The average molecular weight is 341 g/mol. The lowest BCUT2D eigenvalue weighted by Crippen LogP contribution is -1.83. The minimum atomic E-state index is 0.577. The molecule has 2 aromatic heterocycles. The van der Waals surface area contributed by atoms with Gasteiger partial charge in [0.15, 0.2) is 0 Å². The topological polar surface area (TPSA) is 52.5 Å². The van der Waals surface area contributed by atoms with Crippen LogP contribution in [0, 0.1) is 18.3 Å². The van der Waals surface area contributed by atoms with Gasteiger partial charge in [-0.15, -0.1) is 11.3 Å². The van der Waals surface area contributed by atoms with Gasteiger partial charge in [-0.3, -0.25) is 0 Å². The zero-order chi connectivity index (χ0) is 17.2. The Morgan fingerprint density at radius 2 is 1.96 bits per heavy atom. The van der Waals surface area contributed by atoms with E-state index in [0.29, 0.717) is 5.57 Å². The zero-order valence-electron chi connectivity index (χ0n) is 13.7. The van der Waals surface area contributed by atoms with E-state index in [-0.39, 0.29) is 0 Å². The summed E-state index contributed by atoms with van der Waals surface area (Å²) in [5.74, 6) is 0. The van der Waals surface area contributed by atoms with Crippen molar-refractivity contribution in [1.29, 1.82) is 5.26 Å². The Hall–Kier alpha value is -3.16. The van der Waals surface area contributed by atoms with Crippen molar-refractivity contribution in [2.45, 2.75) is 6.92 Å². The molecule has 0 atom stereocenters. The number of benzene rings is 2. The second-order valence-electron chi connectivity index (χ2n) is 5.86. The first-order valence-corrected chi connectivity index (χ1v) is 8.83. The van der Waals surface area contributed by atoms with Gasteiger partial charge in [0.25, 0.3) is 0 Å². The third-order valence-corrected chi connectivity index (χ3v) is 5.00. The Morgan fingerprint density at radius 3 is 2.76 bits per heavy atom. The normalized spacial score (nSPS) is 11.6. The summed E-state index contributed by atoms with van der Waals surface area (Å²) in [6.07, 6.45) is 3.83. The molecule has 0 radical (unpaired) electrons. The van der Waals surface area contributed by atoms with Gasteiger partial charge in [0.1, 0.15) is 11.1 Å². The molecule has 120 valence electrons. The molecule has 4 rings (SSSR count). The van der Waals surface area contributed by atoms with Crippen LogP contribution in [0.3, 0.4) is 0 Å². The smallest absolute Gasteiger partial charge is 0.134 e. The fraction of sp³-hybridized carbons (Fsp3) is 0.0476. The van der Waals surface area contributed by atoms with Crippen LogP contribution < -0.4 is 0 Å². The van der Waals surface area contributed by atoms with Crippen molar-refractivity contribution in [1.82, 2.24) is 9.97 Å². The Bertz CT molecular complexity index is 1110. The van der Waals surface area contributed by atoms with E-state index < -0.39 is 0 Å². The number of fused-ring (bicyclic) bond motifs is 1. The van der Waals surface area contributed by atoms with Gasteiger partial charge in [0.2, 0.25) is 0 Å². The van der Waals surface area contributed by atoms with Gasteiger partial charge in [0, 0.05) is 33.6 Å². The quantitative estimate of drug-likeness (QED) is 0.489. The number of aryl methyl sites for hydroxylation is 1. The largest absolute Gasteiger partial charge is 0.361 e. The van der Waals surface area contributed by atoms with Crippen LogP contribution in [0.25, 0.3) is 33.8 Å². The third kappa shape index (κ3) is 2.98. The molecule has 0 aliphatic heterocycles. The minimum Gasteiger partial charge on any atom is -0.361 e. The lowest BCUT2D eigenvalue weighted by molar-refractivity contribution is 1.36. The molecule has 0 spiro atoms. The fourth-order valence-electron chi connectivity index (χ4n) is 2.77. The number of thiazole rings is 1. The Labute approximate surface area is 149 Å². The summed E-state index contributed by atoms with van der Waals surface area (Å²) < 4.78 is 0. The Kier molecular flexibility index (Phi) is 3.93. The number of rotatable bonds is 3. The number of aromatic amines is 1. The molecule has 0 aliphatic carbocycles. The lowest BCUT2D eigenvalue weighted by Gasteiger charge is -1.97. The van der Waals surface area contributed by atoms with Crippen molar-refractivity contribution < 1.29 is 0 Å². The van der Waals surface area contributed by atoms with Gasteiger partial charge >= 0.3 is 0 Å². The summed E-state index contributed by atoms with van der Waals surface area (Å²) >= 11 is 1.50. The van der Waals surface area contributed by atoms with Crippen molar-refractivity contribution in [3.05, 3.63) is 76.2 Å². The number of hydrogen-bond acceptors (Lipinski definition) is 3. The number of H-pyrrole nitrogens is 1. The van der Waals surface area contributed by atoms with E-state index in [9.17, 15) is 5.26 Å². The van der Waals surface area contributed by atoms with E-state index in [2.05, 4.69) is 47.2 Å². The van der Waals surface area contributed by atoms with Gasteiger partial charge in [-0.2, -0.15) is 5.26 Å². The van der Waals surface area contributed by atoms with E-state index in [0.717, 1.165) is 32.7 Å². The maximum absolute atomic E-state index is 9.60. The van der Waals surface area contributed by atoms with Crippen LogP contribution in [0.5, 0.6) is 0 Å². The molecule has 0 fully saturated rings. The first kappa shape index (κ1) is 15.4. The second-order valence-corrected chi connectivity index (χ2v) is 6.72. The highest BCUT2D eigenvalue weighted by Crippen LogP contribution is 2.29. The first-order chi connectivity index (χ1) is 12.2. The zero-order valence-corrected chi connectivity index (χ0v) is 14.5. The summed E-state index contributed by atoms with van der Waals surface area (Å²) in [5.41, 5.74) is 5.83. The van der Waals surface area contributed by atoms with E-state index in [4.69, 9.17) is 0 Å². The lowest BCUT2D eigenvalue weighted by atomic mass is 10.1. The van der Waals surface area contributed by atoms with Gasteiger partial charge in [-0.25, -0.2) is 4.98 Å². The minimum absolute atomic E-state index is 0.577. The monoisotopic (exact) mass is 341 g/mol. The maximum Gasteiger partial charge on any atom is 0.134 e. The van der Waals surface area contributed by atoms with E-state index in [1.165, 1.54) is 16.9 Å². The summed E-state index contributed by atoms with van der Waals surface area (Å²) in [5, 5.41) is 13.4. The highest BCUT2D eigenvalue weighted by atomic mass is 32.1. The van der Waals surface area contributed by atoms with Crippen molar-refractivity contribution in [3.63, 3.8) is 0 Å². The first-order valence-electron chi connectivity index (χ1n) is 7.95. The number of aromatic nitrogens is 2. The van der Waals surface area contributed by atoms with Crippen LogP contribution >= 0.6 is 11.3 Å².